The van der Waals surface area contributed by atoms with Crippen LogP contribution in [0.25, 0.3) is 0 Å². The van der Waals surface area contributed by atoms with E-state index in [1.807, 2.05) is 12.4 Å². The van der Waals surface area contributed by atoms with Crippen LogP contribution >= 0.6 is 22.6 Å². The van der Waals surface area contributed by atoms with Gasteiger partial charge in [0.1, 0.15) is 0 Å². The molecule has 1 aromatic heterocycles. The molecular weight excluding hydrogens is 351 g/mol. The summed E-state index contributed by atoms with van der Waals surface area (Å²) in [5.41, 5.74) is 0.219. The lowest BCUT2D eigenvalue weighted by Crippen LogP contribution is -2.43. The summed E-state index contributed by atoms with van der Waals surface area (Å²) in [6.45, 7) is 9.92. The number of aromatic nitrogens is 2. The van der Waals surface area contributed by atoms with Gasteiger partial charge in [-0.2, -0.15) is 0 Å². The topological polar surface area (TPSA) is 41.0 Å². The van der Waals surface area contributed by atoms with Crippen molar-refractivity contribution in [3.63, 3.8) is 0 Å². The summed E-state index contributed by atoms with van der Waals surface area (Å²) < 4.78 is 1.09. The number of piperidine rings is 1. The molecule has 106 valence electrons. The van der Waals surface area contributed by atoms with Gasteiger partial charge in [0.2, 0.25) is 5.95 Å². The lowest BCUT2D eigenvalue weighted by molar-refractivity contribution is 0.328. The van der Waals surface area contributed by atoms with E-state index in [-0.39, 0.29) is 5.54 Å². The highest BCUT2D eigenvalue weighted by Gasteiger charge is 2.22. The standard InChI is InChI=1S/C14H23IN4/c1-14(2,3)18-8-11-4-6-19(7-5-11)13-16-9-12(15)10-17-13/h9-11,18H,4-8H2,1-3H3. The van der Waals surface area contributed by atoms with E-state index < -0.39 is 0 Å². The molecule has 19 heavy (non-hydrogen) atoms. The number of halogens is 1. The van der Waals surface area contributed by atoms with Gasteiger partial charge in [0.15, 0.2) is 0 Å². The van der Waals surface area contributed by atoms with Crippen LogP contribution in [0.15, 0.2) is 12.4 Å². The second kappa shape index (κ2) is 6.35. The molecule has 1 N–H and O–H groups in total. The first-order valence-electron chi connectivity index (χ1n) is 6.91. The number of nitrogens with one attached hydrogen (secondary N) is 1. The summed E-state index contributed by atoms with van der Waals surface area (Å²) in [5.74, 6) is 1.65. The zero-order valence-corrected chi connectivity index (χ0v) is 14.1. The van der Waals surface area contributed by atoms with Crippen LogP contribution in [0, 0.1) is 9.49 Å². The van der Waals surface area contributed by atoms with Crippen molar-refractivity contribution in [2.75, 3.05) is 24.5 Å². The lowest BCUT2D eigenvalue weighted by Gasteiger charge is -2.33. The molecule has 0 amide bonds. The van der Waals surface area contributed by atoms with Crippen molar-refractivity contribution in [2.24, 2.45) is 5.92 Å². The van der Waals surface area contributed by atoms with Crippen LogP contribution in [0.4, 0.5) is 5.95 Å². The van der Waals surface area contributed by atoms with Gasteiger partial charge < -0.3 is 10.2 Å². The highest BCUT2D eigenvalue weighted by atomic mass is 127. The molecule has 0 atom stereocenters. The van der Waals surface area contributed by atoms with Crippen molar-refractivity contribution in [3.05, 3.63) is 16.0 Å². The van der Waals surface area contributed by atoms with Gasteiger partial charge in [0.25, 0.3) is 0 Å². The largest absolute Gasteiger partial charge is 0.341 e. The van der Waals surface area contributed by atoms with Crippen molar-refractivity contribution in [3.8, 4) is 0 Å². The first kappa shape index (κ1) is 15.0. The van der Waals surface area contributed by atoms with Crippen LogP contribution in [0.3, 0.4) is 0 Å². The van der Waals surface area contributed by atoms with Gasteiger partial charge in [-0.1, -0.05) is 0 Å². The fourth-order valence-corrected chi connectivity index (χ4v) is 2.53. The Morgan fingerprint density at radius 2 is 1.84 bits per heavy atom. The Bertz CT molecular complexity index is 391. The molecule has 0 bridgehead atoms. The molecule has 1 saturated heterocycles. The average Bonchev–Trinajstić information content (AvgIpc) is 2.37. The van der Waals surface area contributed by atoms with E-state index in [9.17, 15) is 0 Å². The average molecular weight is 374 g/mol. The van der Waals surface area contributed by atoms with E-state index in [0.29, 0.717) is 0 Å². The second-order valence-electron chi connectivity index (χ2n) is 6.26. The maximum absolute atomic E-state index is 4.40. The fourth-order valence-electron chi connectivity index (χ4n) is 2.26. The minimum atomic E-state index is 0.219. The molecule has 1 aromatic rings. The zero-order valence-electron chi connectivity index (χ0n) is 12.0. The molecule has 0 aromatic carbocycles. The molecule has 0 radical (unpaired) electrons. The molecular formula is C14H23IN4. The number of nitrogens with zero attached hydrogens (tertiary/aromatic N) is 3. The van der Waals surface area contributed by atoms with Gasteiger partial charge in [-0.15, -0.1) is 0 Å². The van der Waals surface area contributed by atoms with Gasteiger partial charge in [0, 0.05) is 34.6 Å². The van der Waals surface area contributed by atoms with Crippen molar-refractivity contribution >= 4 is 28.5 Å². The molecule has 0 spiro atoms. The van der Waals surface area contributed by atoms with Crippen molar-refractivity contribution in [2.45, 2.75) is 39.2 Å². The Balaban J connectivity index is 1.81. The first-order valence-corrected chi connectivity index (χ1v) is 7.99. The molecule has 1 fully saturated rings. The van der Waals surface area contributed by atoms with Crippen LogP contribution in [-0.2, 0) is 0 Å². The summed E-state index contributed by atoms with van der Waals surface area (Å²) in [7, 11) is 0. The van der Waals surface area contributed by atoms with Crippen molar-refractivity contribution < 1.29 is 0 Å². The summed E-state index contributed by atoms with van der Waals surface area (Å²) in [5, 5.41) is 3.60. The highest BCUT2D eigenvalue weighted by Crippen LogP contribution is 2.20. The lowest BCUT2D eigenvalue weighted by atomic mass is 9.95. The predicted octanol–water partition coefficient (Wildman–Crippen LogP) is 2.69. The second-order valence-corrected chi connectivity index (χ2v) is 7.51. The molecule has 4 nitrogen and oxygen atoms in total. The Kier molecular flexibility index (Phi) is 5.00. The quantitative estimate of drug-likeness (QED) is 0.827. The Labute approximate surface area is 129 Å². The van der Waals surface area contributed by atoms with E-state index in [2.05, 4.69) is 63.5 Å². The Hall–Kier alpha value is -0.430. The third kappa shape index (κ3) is 4.87. The van der Waals surface area contributed by atoms with Gasteiger partial charge in [-0.05, 0) is 68.7 Å². The van der Waals surface area contributed by atoms with E-state index in [1.165, 1.54) is 12.8 Å². The van der Waals surface area contributed by atoms with Crippen LogP contribution in [0.2, 0.25) is 0 Å². The van der Waals surface area contributed by atoms with E-state index in [1.54, 1.807) is 0 Å². The van der Waals surface area contributed by atoms with E-state index in [4.69, 9.17) is 0 Å². The van der Waals surface area contributed by atoms with Crippen LogP contribution in [0.5, 0.6) is 0 Å². The van der Waals surface area contributed by atoms with Crippen molar-refractivity contribution in [1.29, 1.82) is 0 Å². The maximum Gasteiger partial charge on any atom is 0.225 e. The molecule has 1 aliphatic heterocycles. The molecule has 2 heterocycles. The van der Waals surface area contributed by atoms with Crippen LogP contribution in [0.1, 0.15) is 33.6 Å². The SMILES string of the molecule is CC(C)(C)NCC1CCN(c2ncc(I)cn2)CC1. The third-order valence-electron chi connectivity index (χ3n) is 3.43. The summed E-state index contributed by atoms with van der Waals surface area (Å²) >= 11 is 2.24. The maximum atomic E-state index is 4.40. The monoisotopic (exact) mass is 374 g/mol. The predicted molar refractivity (Wildman–Crippen MR) is 87.4 cm³/mol. The summed E-state index contributed by atoms with van der Waals surface area (Å²) in [6.07, 6.45) is 6.21. The number of hydrogen-bond acceptors (Lipinski definition) is 4. The zero-order chi connectivity index (χ0) is 13.9. The van der Waals surface area contributed by atoms with Crippen molar-refractivity contribution in [1.82, 2.24) is 15.3 Å². The molecule has 0 aliphatic carbocycles. The molecule has 2 rings (SSSR count). The fraction of sp³-hybridized carbons (Fsp3) is 0.714. The minimum absolute atomic E-state index is 0.219. The Morgan fingerprint density at radius 3 is 2.37 bits per heavy atom. The minimum Gasteiger partial charge on any atom is -0.341 e. The number of anilines is 1. The Morgan fingerprint density at radius 1 is 1.26 bits per heavy atom. The smallest absolute Gasteiger partial charge is 0.225 e. The summed E-state index contributed by atoms with van der Waals surface area (Å²) in [6, 6.07) is 0. The van der Waals surface area contributed by atoms with Crippen LogP contribution < -0.4 is 10.2 Å². The summed E-state index contributed by atoms with van der Waals surface area (Å²) in [4.78, 5) is 11.1. The first-order chi connectivity index (χ1) is 8.94. The third-order valence-corrected chi connectivity index (χ3v) is 3.98. The normalized spacial score (nSPS) is 17.8. The number of hydrogen-bond donors (Lipinski definition) is 1. The number of rotatable bonds is 3. The molecule has 1 aliphatic rings. The highest BCUT2D eigenvalue weighted by molar-refractivity contribution is 14.1. The van der Waals surface area contributed by atoms with Gasteiger partial charge in [-0.3, -0.25) is 0 Å². The molecule has 5 heteroatoms. The van der Waals surface area contributed by atoms with Gasteiger partial charge >= 0.3 is 0 Å². The van der Waals surface area contributed by atoms with Crippen LogP contribution in [-0.4, -0.2) is 35.1 Å². The van der Waals surface area contributed by atoms with Gasteiger partial charge in [0.05, 0.1) is 0 Å². The van der Waals surface area contributed by atoms with Gasteiger partial charge in [-0.25, -0.2) is 9.97 Å². The van der Waals surface area contributed by atoms with E-state index >= 15 is 0 Å². The van der Waals surface area contributed by atoms with E-state index in [0.717, 1.165) is 35.1 Å². The molecule has 0 unspecified atom stereocenters. The molecule has 0 saturated carbocycles.